The Balaban J connectivity index is 2.15. The molecule has 0 unspecified atom stereocenters. The van der Waals surface area contributed by atoms with Gasteiger partial charge in [-0.3, -0.25) is 4.98 Å². The smallest absolute Gasteiger partial charge is 0.0707 e. The van der Waals surface area contributed by atoms with Crippen LogP contribution in [0.25, 0.3) is 11.3 Å². The molecule has 0 amide bonds. The van der Waals surface area contributed by atoms with Crippen LogP contribution in [-0.4, -0.2) is 4.98 Å². The summed E-state index contributed by atoms with van der Waals surface area (Å²) < 4.78 is 0. The fraction of sp³-hybridized carbons (Fsp3) is 0.312. The first-order valence-electron chi connectivity index (χ1n) is 6.30. The Hall–Kier alpha value is -1.63. The van der Waals surface area contributed by atoms with E-state index in [-0.39, 0.29) is 0 Å². The Labute approximate surface area is 103 Å². The van der Waals surface area contributed by atoms with E-state index in [1.165, 1.54) is 47.1 Å². The summed E-state index contributed by atoms with van der Waals surface area (Å²) in [5.41, 5.74) is 8.09. The average molecular weight is 223 g/mol. The van der Waals surface area contributed by atoms with Crippen molar-refractivity contribution in [1.29, 1.82) is 0 Å². The zero-order valence-electron chi connectivity index (χ0n) is 10.5. The van der Waals surface area contributed by atoms with Gasteiger partial charge in [0.15, 0.2) is 0 Å². The van der Waals surface area contributed by atoms with Crippen LogP contribution in [0.2, 0.25) is 0 Å². The van der Waals surface area contributed by atoms with E-state index in [2.05, 4.69) is 43.1 Å². The molecule has 1 aliphatic carbocycles. The van der Waals surface area contributed by atoms with Crippen LogP contribution in [-0.2, 0) is 12.8 Å². The lowest BCUT2D eigenvalue weighted by molar-refractivity contribution is 0.912. The van der Waals surface area contributed by atoms with Gasteiger partial charge < -0.3 is 0 Å². The molecule has 17 heavy (non-hydrogen) atoms. The Morgan fingerprint density at radius 2 is 1.94 bits per heavy atom. The zero-order valence-corrected chi connectivity index (χ0v) is 10.5. The second-order valence-corrected chi connectivity index (χ2v) is 4.95. The van der Waals surface area contributed by atoms with Gasteiger partial charge in [0.05, 0.1) is 5.69 Å². The number of benzene rings is 1. The average Bonchev–Trinajstić information content (AvgIpc) is 2.80. The number of hydrogen-bond donors (Lipinski definition) is 0. The van der Waals surface area contributed by atoms with Crippen molar-refractivity contribution in [2.75, 3.05) is 0 Å². The lowest BCUT2D eigenvalue weighted by Gasteiger charge is -2.09. The van der Waals surface area contributed by atoms with Crippen LogP contribution >= 0.6 is 0 Å². The summed E-state index contributed by atoms with van der Waals surface area (Å²) in [6, 6.07) is 8.84. The molecule has 1 nitrogen and oxygen atoms in total. The van der Waals surface area contributed by atoms with Gasteiger partial charge in [0.1, 0.15) is 0 Å². The minimum Gasteiger partial charge on any atom is -0.256 e. The molecule has 0 radical (unpaired) electrons. The van der Waals surface area contributed by atoms with E-state index < -0.39 is 0 Å². The van der Waals surface area contributed by atoms with Crippen LogP contribution in [0.3, 0.4) is 0 Å². The molecule has 1 aliphatic rings. The van der Waals surface area contributed by atoms with Gasteiger partial charge in [-0.05, 0) is 61.4 Å². The maximum absolute atomic E-state index is 4.59. The molecule has 1 heterocycles. The van der Waals surface area contributed by atoms with Gasteiger partial charge in [0.25, 0.3) is 0 Å². The predicted octanol–water partition coefficient (Wildman–Crippen LogP) is 3.85. The number of pyridine rings is 1. The normalized spacial score (nSPS) is 13.8. The highest BCUT2D eigenvalue weighted by Gasteiger charge is 2.15. The first kappa shape index (κ1) is 10.5. The van der Waals surface area contributed by atoms with Gasteiger partial charge in [-0.1, -0.05) is 18.2 Å². The van der Waals surface area contributed by atoms with E-state index in [1.54, 1.807) is 0 Å². The molecule has 86 valence electrons. The molecule has 1 aromatic heterocycles. The third kappa shape index (κ3) is 1.76. The topological polar surface area (TPSA) is 12.9 Å². The van der Waals surface area contributed by atoms with Crippen molar-refractivity contribution in [3.63, 3.8) is 0 Å². The molecule has 0 saturated heterocycles. The van der Waals surface area contributed by atoms with E-state index in [1.807, 2.05) is 6.20 Å². The van der Waals surface area contributed by atoms with Crippen molar-refractivity contribution in [3.8, 4) is 11.3 Å². The third-order valence-corrected chi connectivity index (χ3v) is 3.79. The number of fused-ring (bicyclic) bond motifs is 1. The van der Waals surface area contributed by atoms with Crippen molar-refractivity contribution >= 4 is 0 Å². The minimum absolute atomic E-state index is 1.13. The van der Waals surface area contributed by atoms with Crippen LogP contribution in [0.1, 0.15) is 28.7 Å². The maximum Gasteiger partial charge on any atom is 0.0707 e. The van der Waals surface area contributed by atoms with E-state index in [9.17, 15) is 0 Å². The first-order chi connectivity index (χ1) is 8.25. The summed E-state index contributed by atoms with van der Waals surface area (Å²) in [6.07, 6.45) is 5.71. The van der Waals surface area contributed by atoms with Gasteiger partial charge in [-0.25, -0.2) is 0 Å². The Morgan fingerprint density at radius 1 is 1.06 bits per heavy atom. The number of hydrogen-bond acceptors (Lipinski definition) is 1. The zero-order chi connectivity index (χ0) is 11.8. The lowest BCUT2D eigenvalue weighted by atomic mass is 9.99. The van der Waals surface area contributed by atoms with Crippen LogP contribution in [0.15, 0.2) is 30.5 Å². The maximum atomic E-state index is 4.59. The summed E-state index contributed by atoms with van der Waals surface area (Å²) in [5, 5.41) is 0. The fourth-order valence-corrected chi connectivity index (χ4v) is 2.63. The largest absolute Gasteiger partial charge is 0.256 e. The quantitative estimate of drug-likeness (QED) is 0.715. The highest BCUT2D eigenvalue weighted by atomic mass is 14.7. The molecule has 0 bridgehead atoms. The standard InChI is InChI=1S/C16H17N/c1-11-9-16(17-10-12(11)2)15-8-4-6-13-5-3-7-14(13)15/h4,6,8-10H,3,5,7H2,1-2H3. The Morgan fingerprint density at radius 3 is 2.76 bits per heavy atom. The molecule has 2 aromatic rings. The van der Waals surface area contributed by atoms with Gasteiger partial charge in [0, 0.05) is 11.8 Å². The molecule has 0 atom stereocenters. The van der Waals surface area contributed by atoms with Crippen molar-refractivity contribution in [2.45, 2.75) is 33.1 Å². The SMILES string of the molecule is Cc1cnc(-c2cccc3c2CCC3)cc1C. The van der Waals surface area contributed by atoms with Gasteiger partial charge >= 0.3 is 0 Å². The summed E-state index contributed by atoms with van der Waals surface area (Å²) >= 11 is 0. The predicted molar refractivity (Wildman–Crippen MR) is 71.2 cm³/mol. The monoisotopic (exact) mass is 223 g/mol. The molecule has 0 fully saturated rings. The number of nitrogens with zero attached hydrogens (tertiary/aromatic N) is 1. The lowest BCUT2D eigenvalue weighted by Crippen LogP contribution is -1.93. The molecule has 3 rings (SSSR count). The minimum atomic E-state index is 1.13. The summed E-state index contributed by atoms with van der Waals surface area (Å²) in [6.45, 7) is 4.27. The molecule has 0 saturated carbocycles. The summed E-state index contributed by atoms with van der Waals surface area (Å²) in [7, 11) is 0. The Bertz CT molecular complexity index is 570. The second kappa shape index (κ2) is 3.99. The van der Waals surface area contributed by atoms with Crippen LogP contribution < -0.4 is 0 Å². The molecule has 0 N–H and O–H groups in total. The third-order valence-electron chi connectivity index (χ3n) is 3.79. The number of rotatable bonds is 1. The van der Waals surface area contributed by atoms with Gasteiger partial charge in [-0.2, -0.15) is 0 Å². The van der Waals surface area contributed by atoms with Crippen molar-refractivity contribution in [2.24, 2.45) is 0 Å². The summed E-state index contributed by atoms with van der Waals surface area (Å²) in [4.78, 5) is 4.59. The molecular weight excluding hydrogens is 206 g/mol. The molecule has 0 spiro atoms. The van der Waals surface area contributed by atoms with Crippen molar-refractivity contribution in [1.82, 2.24) is 4.98 Å². The highest BCUT2D eigenvalue weighted by molar-refractivity contribution is 5.67. The van der Waals surface area contributed by atoms with Crippen LogP contribution in [0.4, 0.5) is 0 Å². The van der Waals surface area contributed by atoms with Crippen LogP contribution in [0.5, 0.6) is 0 Å². The van der Waals surface area contributed by atoms with Gasteiger partial charge in [0.2, 0.25) is 0 Å². The first-order valence-corrected chi connectivity index (χ1v) is 6.30. The Kier molecular flexibility index (Phi) is 2.47. The number of aromatic nitrogens is 1. The van der Waals surface area contributed by atoms with E-state index in [0.717, 1.165) is 5.69 Å². The van der Waals surface area contributed by atoms with Gasteiger partial charge in [-0.15, -0.1) is 0 Å². The molecular formula is C16H17N. The highest BCUT2D eigenvalue weighted by Crippen LogP contribution is 2.31. The van der Waals surface area contributed by atoms with E-state index in [4.69, 9.17) is 0 Å². The molecule has 0 aliphatic heterocycles. The van der Waals surface area contributed by atoms with Crippen molar-refractivity contribution in [3.05, 3.63) is 52.7 Å². The van der Waals surface area contributed by atoms with E-state index >= 15 is 0 Å². The molecule has 1 heteroatoms. The second-order valence-electron chi connectivity index (χ2n) is 4.95. The number of aryl methyl sites for hydroxylation is 3. The summed E-state index contributed by atoms with van der Waals surface area (Å²) in [5.74, 6) is 0. The fourth-order valence-electron chi connectivity index (χ4n) is 2.63. The molecule has 1 aromatic carbocycles. The van der Waals surface area contributed by atoms with Crippen molar-refractivity contribution < 1.29 is 0 Å². The van der Waals surface area contributed by atoms with Crippen LogP contribution in [0, 0.1) is 13.8 Å². The van der Waals surface area contributed by atoms with E-state index in [0.29, 0.717) is 0 Å².